The number of amides is 2. The number of nitrogens with zero attached hydrogens (tertiary/aromatic N) is 3. The fourth-order valence-electron chi connectivity index (χ4n) is 3.72. The summed E-state index contributed by atoms with van der Waals surface area (Å²) in [5.74, 6) is 0.0432. The van der Waals surface area contributed by atoms with Gasteiger partial charge in [-0.25, -0.2) is 0 Å². The van der Waals surface area contributed by atoms with Gasteiger partial charge in [-0.2, -0.15) is 5.10 Å². The number of imide groups is 1. The van der Waals surface area contributed by atoms with Crippen molar-refractivity contribution < 1.29 is 9.59 Å². The van der Waals surface area contributed by atoms with E-state index in [1.807, 2.05) is 18.5 Å². The first-order valence-electron chi connectivity index (χ1n) is 8.05. The Morgan fingerprint density at radius 2 is 1.68 bits per heavy atom. The molecule has 2 atom stereocenters. The molecule has 3 rings (SSSR count). The van der Waals surface area contributed by atoms with Crippen LogP contribution in [0.3, 0.4) is 0 Å². The highest BCUT2D eigenvalue weighted by Crippen LogP contribution is 2.38. The third-order valence-electron chi connectivity index (χ3n) is 4.98. The lowest BCUT2D eigenvalue weighted by Crippen LogP contribution is -2.32. The third-order valence-corrected chi connectivity index (χ3v) is 6.12. The van der Waals surface area contributed by atoms with Crippen LogP contribution in [0.4, 0.5) is 0 Å². The van der Waals surface area contributed by atoms with Crippen molar-refractivity contribution in [3.63, 3.8) is 0 Å². The molecule has 0 spiro atoms. The highest BCUT2D eigenvalue weighted by Gasteiger charge is 2.47. The first-order chi connectivity index (χ1) is 10.5. The molecule has 120 valence electrons. The van der Waals surface area contributed by atoms with Gasteiger partial charge in [0.2, 0.25) is 11.8 Å². The summed E-state index contributed by atoms with van der Waals surface area (Å²) in [7, 11) is 0. The van der Waals surface area contributed by atoms with Gasteiger partial charge in [-0.1, -0.05) is 12.8 Å². The Labute approximate surface area is 139 Å². The molecule has 0 radical (unpaired) electrons. The van der Waals surface area contributed by atoms with Crippen LogP contribution in [0.15, 0.2) is 4.47 Å². The van der Waals surface area contributed by atoms with E-state index in [4.69, 9.17) is 0 Å². The van der Waals surface area contributed by atoms with Crippen molar-refractivity contribution in [3.8, 4) is 0 Å². The van der Waals surface area contributed by atoms with Gasteiger partial charge in [0.05, 0.1) is 22.0 Å². The molecule has 1 aliphatic heterocycles. The number of fused-ring (bicyclic) bond motifs is 1. The van der Waals surface area contributed by atoms with Crippen molar-refractivity contribution in [2.24, 2.45) is 11.8 Å². The standard InChI is InChI=1S/C16H22BrN3O2/c1-10-14(17)11(2)20(18-10)9-5-8-19-15(21)12-6-3-4-7-13(12)16(19)22/h12-13H,3-9H2,1-2H3. The molecule has 2 aliphatic rings. The summed E-state index contributed by atoms with van der Waals surface area (Å²) in [6.45, 7) is 5.22. The summed E-state index contributed by atoms with van der Waals surface area (Å²) in [4.78, 5) is 26.3. The Balaban J connectivity index is 1.60. The number of carbonyl (C=O) groups is 2. The van der Waals surface area contributed by atoms with Gasteiger partial charge in [0.25, 0.3) is 0 Å². The van der Waals surface area contributed by atoms with Crippen molar-refractivity contribution >= 4 is 27.7 Å². The van der Waals surface area contributed by atoms with Crippen LogP contribution in [0.5, 0.6) is 0 Å². The maximum atomic E-state index is 12.4. The SMILES string of the molecule is Cc1nn(CCCN2C(=O)C3CCCCC3C2=O)c(C)c1Br. The average molecular weight is 368 g/mol. The highest BCUT2D eigenvalue weighted by molar-refractivity contribution is 9.10. The van der Waals surface area contributed by atoms with Gasteiger partial charge in [-0.3, -0.25) is 19.2 Å². The topological polar surface area (TPSA) is 55.2 Å². The fourth-order valence-corrected chi connectivity index (χ4v) is 4.01. The lowest BCUT2D eigenvalue weighted by molar-refractivity contribution is -0.140. The predicted molar refractivity (Wildman–Crippen MR) is 86.2 cm³/mol. The van der Waals surface area contributed by atoms with Crippen molar-refractivity contribution in [1.82, 2.24) is 14.7 Å². The monoisotopic (exact) mass is 367 g/mol. The van der Waals surface area contributed by atoms with Gasteiger partial charge < -0.3 is 0 Å². The molecule has 2 fully saturated rings. The number of aromatic nitrogens is 2. The molecule has 1 aromatic rings. The fraction of sp³-hybridized carbons (Fsp3) is 0.688. The Kier molecular flexibility index (Phi) is 4.39. The zero-order valence-electron chi connectivity index (χ0n) is 13.1. The number of carbonyl (C=O) groups excluding carboxylic acids is 2. The predicted octanol–water partition coefficient (Wildman–Crippen LogP) is 2.83. The maximum Gasteiger partial charge on any atom is 0.233 e. The van der Waals surface area contributed by atoms with Crippen LogP contribution >= 0.6 is 15.9 Å². The lowest BCUT2D eigenvalue weighted by Gasteiger charge is -2.19. The lowest BCUT2D eigenvalue weighted by atomic mass is 9.81. The van der Waals surface area contributed by atoms with Crippen LogP contribution in [-0.4, -0.2) is 33.0 Å². The molecule has 1 aliphatic carbocycles. The van der Waals surface area contributed by atoms with Gasteiger partial charge in [-0.05, 0) is 49.0 Å². The normalized spacial score (nSPS) is 25.0. The summed E-state index contributed by atoms with van der Waals surface area (Å²) in [6.07, 6.45) is 4.68. The smallest absolute Gasteiger partial charge is 0.233 e. The third kappa shape index (κ3) is 2.62. The van der Waals surface area contributed by atoms with E-state index in [1.165, 1.54) is 4.90 Å². The molecule has 6 heteroatoms. The minimum Gasteiger partial charge on any atom is -0.282 e. The minimum atomic E-state index is -0.0379. The van der Waals surface area contributed by atoms with E-state index in [0.717, 1.165) is 54.5 Å². The Morgan fingerprint density at radius 3 is 2.18 bits per heavy atom. The van der Waals surface area contributed by atoms with Crippen molar-refractivity contribution in [2.75, 3.05) is 6.54 Å². The molecule has 22 heavy (non-hydrogen) atoms. The Bertz CT molecular complexity index is 587. The average Bonchev–Trinajstić information content (AvgIpc) is 2.91. The molecule has 1 saturated carbocycles. The second kappa shape index (κ2) is 6.14. The van der Waals surface area contributed by atoms with E-state index >= 15 is 0 Å². The molecular formula is C16H22BrN3O2. The Hall–Kier alpha value is -1.17. The second-order valence-corrected chi connectivity index (χ2v) is 7.18. The summed E-state index contributed by atoms with van der Waals surface area (Å²) in [5, 5.41) is 4.47. The van der Waals surface area contributed by atoms with Crippen LogP contribution in [0, 0.1) is 25.7 Å². The van der Waals surface area contributed by atoms with E-state index in [-0.39, 0.29) is 23.7 Å². The van der Waals surface area contributed by atoms with Crippen LogP contribution in [0.1, 0.15) is 43.5 Å². The first kappa shape index (κ1) is 15.7. The zero-order chi connectivity index (χ0) is 15.9. The zero-order valence-corrected chi connectivity index (χ0v) is 14.7. The van der Waals surface area contributed by atoms with Crippen LogP contribution in [0.2, 0.25) is 0 Å². The van der Waals surface area contributed by atoms with Crippen LogP contribution in [0.25, 0.3) is 0 Å². The van der Waals surface area contributed by atoms with Crippen molar-refractivity contribution in [3.05, 3.63) is 15.9 Å². The number of hydrogen-bond acceptors (Lipinski definition) is 3. The molecule has 0 aromatic carbocycles. The van der Waals surface area contributed by atoms with Crippen molar-refractivity contribution in [2.45, 2.75) is 52.5 Å². The molecule has 2 unspecified atom stereocenters. The summed E-state index contributed by atoms with van der Waals surface area (Å²) < 4.78 is 2.98. The summed E-state index contributed by atoms with van der Waals surface area (Å²) in [5.41, 5.74) is 2.06. The maximum absolute atomic E-state index is 12.4. The number of hydrogen-bond donors (Lipinski definition) is 0. The van der Waals surface area contributed by atoms with Gasteiger partial charge in [0, 0.05) is 18.8 Å². The van der Waals surface area contributed by atoms with E-state index in [1.54, 1.807) is 0 Å². The highest BCUT2D eigenvalue weighted by atomic mass is 79.9. The molecule has 0 N–H and O–H groups in total. The minimum absolute atomic E-state index is 0.0379. The van der Waals surface area contributed by atoms with Gasteiger partial charge in [0.15, 0.2) is 0 Å². The molecule has 5 nitrogen and oxygen atoms in total. The number of rotatable bonds is 4. The Morgan fingerprint density at radius 1 is 1.09 bits per heavy atom. The van der Waals surface area contributed by atoms with Gasteiger partial charge in [-0.15, -0.1) is 0 Å². The second-order valence-electron chi connectivity index (χ2n) is 6.39. The summed E-state index contributed by atoms with van der Waals surface area (Å²) in [6, 6.07) is 0. The number of halogens is 1. The molecule has 1 saturated heterocycles. The van der Waals surface area contributed by atoms with E-state index < -0.39 is 0 Å². The largest absolute Gasteiger partial charge is 0.282 e. The molecule has 2 heterocycles. The first-order valence-corrected chi connectivity index (χ1v) is 8.84. The van der Waals surface area contributed by atoms with Crippen LogP contribution in [-0.2, 0) is 16.1 Å². The summed E-state index contributed by atoms with van der Waals surface area (Å²) >= 11 is 3.52. The molecular weight excluding hydrogens is 346 g/mol. The number of aryl methyl sites for hydroxylation is 2. The van der Waals surface area contributed by atoms with Crippen molar-refractivity contribution in [1.29, 1.82) is 0 Å². The molecule has 2 amide bonds. The van der Waals surface area contributed by atoms with Crippen LogP contribution < -0.4 is 0 Å². The molecule has 0 bridgehead atoms. The molecule has 1 aromatic heterocycles. The van der Waals surface area contributed by atoms with Gasteiger partial charge >= 0.3 is 0 Å². The van der Waals surface area contributed by atoms with E-state index in [2.05, 4.69) is 21.0 Å². The van der Waals surface area contributed by atoms with E-state index in [9.17, 15) is 9.59 Å². The van der Waals surface area contributed by atoms with Gasteiger partial charge in [0.1, 0.15) is 0 Å². The number of likely N-dealkylation sites (tertiary alicyclic amines) is 1. The quantitative estimate of drug-likeness (QED) is 0.768. The van der Waals surface area contributed by atoms with E-state index in [0.29, 0.717) is 6.54 Å².